The van der Waals surface area contributed by atoms with E-state index in [9.17, 15) is 17.6 Å². The lowest BCUT2D eigenvalue weighted by Gasteiger charge is -2.42. The van der Waals surface area contributed by atoms with E-state index in [4.69, 9.17) is 0 Å². The molecular weight excluding hydrogens is 501 g/mol. The first-order valence-corrected chi connectivity index (χ1v) is 13.9. The third-order valence-electron chi connectivity index (χ3n) is 6.54. The van der Waals surface area contributed by atoms with Crippen LogP contribution < -0.4 is 9.62 Å². The second-order valence-corrected chi connectivity index (χ2v) is 11.4. The van der Waals surface area contributed by atoms with Gasteiger partial charge >= 0.3 is 0 Å². The maximum atomic E-state index is 14.5. The molecule has 1 amide bonds. The molecule has 1 aliphatic heterocycles. The summed E-state index contributed by atoms with van der Waals surface area (Å²) in [7, 11) is -3.71. The summed E-state index contributed by atoms with van der Waals surface area (Å²) in [6, 6.07) is 12.8. The third kappa shape index (κ3) is 4.56. The van der Waals surface area contributed by atoms with Crippen molar-refractivity contribution in [1.82, 2.24) is 14.5 Å². The molecule has 36 heavy (non-hydrogen) atoms. The van der Waals surface area contributed by atoms with Gasteiger partial charge in [-0.05, 0) is 50.2 Å². The van der Waals surface area contributed by atoms with E-state index in [1.807, 2.05) is 24.0 Å². The topological polar surface area (TPSA) is 87.5 Å². The van der Waals surface area contributed by atoms with Gasteiger partial charge in [-0.15, -0.1) is 11.3 Å². The molecule has 2 aromatic heterocycles. The number of fused-ring (bicyclic) bond motifs is 1. The number of nitrogens with one attached hydrogen (secondary N) is 1. The van der Waals surface area contributed by atoms with Gasteiger partial charge < -0.3 is 14.4 Å². The second kappa shape index (κ2) is 9.55. The van der Waals surface area contributed by atoms with Crippen LogP contribution >= 0.6 is 11.3 Å². The van der Waals surface area contributed by atoms with E-state index >= 15 is 0 Å². The van der Waals surface area contributed by atoms with Crippen molar-refractivity contribution in [3.05, 3.63) is 72.1 Å². The highest BCUT2D eigenvalue weighted by Gasteiger charge is 2.31. The number of para-hydroxylation sites is 1. The van der Waals surface area contributed by atoms with Crippen LogP contribution in [-0.4, -0.2) is 54.5 Å². The van der Waals surface area contributed by atoms with Crippen LogP contribution in [0.15, 0.2) is 71.2 Å². The fraction of sp³-hybridized carbons (Fsp3) is 0.280. The van der Waals surface area contributed by atoms with Gasteiger partial charge in [0, 0.05) is 54.5 Å². The van der Waals surface area contributed by atoms with Crippen molar-refractivity contribution in [2.24, 2.45) is 0 Å². The zero-order chi connectivity index (χ0) is 25.4. The zero-order valence-electron chi connectivity index (χ0n) is 19.8. The Labute approximate surface area is 213 Å². The van der Waals surface area contributed by atoms with Crippen molar-refractivity contribution in [2.45, 2.75) is 30.8 Å². The summed E-state index contributed by atoms with van der Waals surface area (Å²) in [6.45, 7) is 5.50. The summed E-state index contributed by atoms with van der Waals surface area (Å²) in [5, 5.41) is 2.78. The number of hydrogen-bond acceptors (Lipinski definition) is 6. The first kappa shape index (κ1) is 24.3. The summed E-state index contributed by atoms with van der Waals surface area (Å²) in [5.41, 5.74) is 1.32. The van der Waals surface area contributed by atoms with Gasteiger partial charge in [0.05, 0.1) is 10.4 Å². The quantitative estimate of drug-likeness (QED) is 0.403. The first-order valence-electron chi connectivity index (χ1n) is 11.6. The molecule has 1 N–H and O–H groups in total. The van der Waals surface area contributed by atoms with E-state index in [0.717, 1.165) is 11.1 Å². The molecule has 1 saturated heterocycles. The smallest absolute Gasteiger partial charge is 0.263 e. The highest BCUT2D eigenvalue weighted by atomic mass is 32.2. The number of carbonyl (C=O) groups is 1. The highest BCUT2D eigenvalue weighted by Crippen LogP contribution is 2.27. The molecule has 5 rings (SSSR count). The molecule has 0 aliphatic carbocycles. The lowest BCUT2D eigenvalue weighted by Crippen LogP contribution is -2.55. The number of anilines is 2. The summed E-state index contributed by atoms with van der Waals surface area (Å²) in [4.78, 5) is 21.5. The molecule has 11 heteroatoms. The van der Waals surface area contributed by atoms with Gasteiger partial charge in [0.25, 0.3) is 10.0 Å². The van der Waals surface area contributed by atoms with Gasteiger partial charge in [-0.25, -0.2) is 17.8 Å². The molecule has 3 heterocycles. The molecule has 4 aromatic rings. The number of thiazole rings is 1. The van der Waals surface area contributed by atoms with Crippen molar-refractivity contribution in [1.29, 1.82) is 0 Å². The fourth-order valence-corrected chi connectivity index (χ4v) is 6.45. The Morgan fingerprint density at radius 2 is 1.94 bits per heavy atom. The van der Waals surface area contributed by atoms with Crippen LogP contribution in [0.4, 0.5) is 15.2 Å². The van der Waals surface area contributed by atoms with E-state index in [1.54, 1.807) is 53.4 Å². The second-order valence-electron chi connectivity index (χ2n) is 8.84. The summed E-state index contributed by atoms with van der Waals surface area (Å²) in [6.07, 6.45) is 3.30. The van der Waals surface area contributed by atoms with Crippen LogP contribution in [0.2, 0.25) is 0 Å². The number of nitrogens with zero attached hydrogens (tertiary/aromatic N) is 4. The minimum absolute atomic E-state index is 0.0578. The molecule has 2 atom stereocenters. The standard InChI is InChI=1S/C25H26FN5O3S2/c1-17-16-29(20-6-8-21(9-7-20)36(33,34)28-25-27-11-15-35-25)13-14-30(17)24(32)18(2)31-12-10-19-4-3-5-22(26)23(19)31/h3-12,15,17-18H,13-14,16H2,1-2H3,(H,27,28)/t17-,18+/m0/s1. The summed E-state index contributed by atoms with van der Waals surface area (Å²) >= 11 is 1.21. The number of rotatable bonds is 6. The van der Waals surface area contributed by atoms with Gasteiger partial charge in [-0.2, -0.15) is 0 Å². The molecule has 2 aromatic carbocycles. The predicted molar refractivity (Wildman–Crippen MR) is 139 cm³/mol. The van der Waals surface area contributed by atoms with Gasteiger partial charge in [0.15, 0.2) is 5.13 Å². The van der Waals surface area contributed by atoms with Crippen LogP contribution in [0.5, 0.6) is 0 Å². The number of halogens is 1. The molecule has 0 unspecified atom stereocenters. The van der Waals surface area contributed by atoms with Gasteiger partial charge in [0.2, 0.25) is 5.91 Å². The van der Waals surface area contributed by atoms with Crippen LogP contribution in [0.1, 0.15) is 19.9 Å². The molecule has 0 saturated carbocycles. The Kier molecular flexibility index (Phi) is 6.44. The lowest BCUT2D eigenvalue weighted by molar-refractivity contribution is -0.136. The van der Waals surface area contributed by atoms with Crippen LogP contribution in [0.3, 0.4) is 0 Å². The third-order valence-corrected chi connectivity index (χ3v) is 8.71. The van der Waals surface area contributed by atoms with Crippen molar-refractivity contribution < 1.29 is 17.6 Å². The Morgan fingerprint density at radius 3 is 2.64 bits per heavy atom. The Bertz CT molecular complexity index is 1490. The molecule has 8 nitrogen and oxygen atoms in total. The van der Waals surface area contributed by atoms with E-state index in [-0.39, 0.29) is 22.7 Å². The zero-order valence-corrected chi connectivity index (χ0v) is 21.5. The van der Waals surface area contributed by atoms with Crippen molar-refractivity contribution in [3.8, 4) is 0 Å². The van der Waals surface area contributed by atoms with E-state index in [0.29, 0.717) is 30.3 Å². The predicted octanol–water partition coefficient (Wildman–Crippen LogP) is 4.34. The number of sulfonamides is 1. The van der Waals surface area contributed by atoms with Gasteiger partial charge in [-0.3, -0.25) is 9.52 Å². The van der Waals surface area contributed by atoms with Crippen molar-refractivity contribution in [2.75, 3.05) is 29.3 Å². The Hall–Kier alpha value is -3.44. The number of carbonyl (C=O) groups excluding carboxylic acids is 1. The minimum atomic E-state index is -3.71. The SMILES string of the molecule is C[C@H](C(=O)N1CCN(c2ccc(S(=O)(=O)Nc3nccs3)cc2)C[C@@H]1C)n1ccc2cccc(F)c21. The summed E-state index contributed by atoms with van der Waals surface area (Å²) in [5.74, 6) is -0.403. The molecule has 0 spiro atoms. The maximum absolute atomic E-state index is 14.5. The molecule has 1 fully saturated rings. The highest BCUT2D eigenvalue weighted by molar-refractivity contribution is 7.93. The largest absolute Gasteiger partial charge is 0.368 e. The molecule has 0 bridgehead atoms. The van der Waals surface area contributed by atoms with Gasteiger partial charge in [0.1, 0.15) is 11.9 Å². The van der Waals surface area contributed by atoms with Crippen molar-refractivity contribution >= 4 is 49.0 Å². The number of aromatic nitrogens is 2. The van der Waals surface area contributed by atoms with E-state index in [2.05, 4.69) is 14.6 Å². The number of piperazine rings is 1. The van der Waals surface area contributed by atoms with Crippen LogP contribution in [-0.2, 0) is 14.8 Å². The monoisotopic (exact) mass is 527 g/mol. The van der Waals surface area contributed by atoms with Crippen molar-refractivity contribution in [3.63, 3.8) is 0 Å². The summed E-state index contributed by atoms with van der Waals surface area (Å²) < 4.78 is 43.8. The number of hydrogen-bond donors (Lipinski definition) is 1. The first-order chi connectivity index (χ1) is 17.2. The van der Waals surface area contributed by atoms with Gasteiger partial charge in [-0.1, -0.05) is 12.1 Å². The van der Waals surface area contributed by atoms with E-state index < -0.39 is 16.1 Å². The minimum Gasteiger partial charge on any atom is -0.368 e. The molecular formula is C25H26FN5O3S2. The molecule has 0 radical (unpaired) electrons. The molecule has 188 valence electrons. The lowest BCUT2D eigenvalue weighted by atomic mass is 10.1. The average Bonchev–Trinajstić information content (AvgIpc) is 3.53. The van der Waals surface area contributed by atoms with E-state index in [1.165, 1.54) is 23.6 Å². The van der Waals surface area contributed by atoms with Crippen LogP contribution in [0, 0.1) is 5.82 Å². The number of benzene rings is 2. The van der Waals surface area contributed by atoms with Crippen LogP contribution in [0.25, 0.3) is 10.9 Å². The normalized spacial score (nSPS) is 17.4. The Balaban J connectivity index is 1.26. The fourth-order valence-electron chi connectivity index (χ4n) is 4.66. The average molecular weight is 528 g/mol. The molecule has 1 aliphatic rings. The Morgan fingerprint density at radius 1 is 1.17 bits per heavy atom. The number of amides is 1. The maximum Gasteiger partial charge on any atom is 0.263 e.